The molecule has 362 valence electrons. The number of amides is 1. The number of ether oxygens (including phenoxy) is 4. The van der Waals surface area contributed by atoms with E-state index in [1.54, 1.807) is 34.3 Å². The van der Waals surface area contributed by atoms with Crippen LogP contribution < -0.4 is 0 Å². The van der Waals surface area contributed by atoms with Crippen molar-refractivity contribution in [2.24, 2.45) is 29.6 Å². The zero-order valence-corrected chi connectivity index (χ0v) is 41.0. The van der Waals surface area contributed by atoms with Crippen molar-refractivity contribution < 1.29 is 57.4 Å². The second kappa shape index (κ2) is 25.4. The van der Waals surface area contributed by atoms with Gasteiger partial charge in [-0.2, -0.15) is 0 Å². The highest BCUT2D eigenvalue weighted by Gasteiger charge is 2.52. The van der Waals surface area contributed by atoms with Gasteiger partial charge in [-0.25, -0.2) is 4.79 Å². The summed E-state index contributed by atoms with van der Waals surface area (Å²) >= 11 is 0. The number of carbonyl (C=O) groups is 4. The number of esters is 1. The van der Waals surface area contributed by atoms with Crippen LogP contribution in [0.1, 0.15) is 131 Å². The van der Waals surface area contributed by atoms with Crippen LogP contribution >= 0.6 is 7.37 Å². The molecule has 2 saturated heterocycles. The van der Waals surface area contributed by atoms with E-state index in [0.717, 1.165) is 12.8 Å². The highest BCUT2D eigenvalue weighted by atomic mass is 31.2. The first-order chi connectivity index (χ1) is 30.3. The van der Waals surface area contributed by atoms with Crippen molar-refractivity contribution in [1.82, 2.24) is 4.90 Å². The first kappa shape index (κ1) is 53.8. The molecule has 3 heterocycles. The summed E-state index contributed by atoms with van der Waals surface area (Å²) in [5.74, 6) is -5.96. The van der Waals surface area contributed by atoms with Crippen molar-refractivity contribution in [2.75, 3.05) is 34.1 Å². The number of hydrogen-bond acceptors (Lipinski definition) is 12. The first-order valence-corrected chi connectivity index (χ1v) is 26.4. The third kappa shape index (κ3) is 15.4. The summed E-state index contributed by atoms with van der Waals surface area (Å²) in [6.07, 6.45) is 19.1. The fourth-order valence-electron chi connectivity index (χ4n) is 9.93. The fraction of sp³-hybridized carbons (Fsp3) is 0.760. The summed E-state index contributed by atoms with van der Waals surface area (Å²) in [5, 5.41) is 23.2. The molecule has 1 aliphatic carbocycles. The quantitative estimate of drug-likeness (QED) is 0.108. The van der Waals surface area contributed by atoms with Crippen LogP contribution in [0.25, 0.3) is 0 Å². The summed E-state index contributed by atoms with van der Waals surface area (Å²) in [4.78, 5) is 57.4. The normalized spacial score (nSPS) is 38.3. The van der Waals surface area contributed by atoms with Crippen LogP contribution in [0.15, 0.2) is 48.1 Å². The molecule has 14 heteroatoms. The highest BCUT2D eigenvalue weighted by molar-refractivity contribution is 7.57. The number of ketones is 2. The number of aliphatic hydroxyl groups is 2. The molecule has 0 spiro atoms. The van der Waals surface area contributed by atoms with E-state index in [1.165, 1.54) is 12.0 Å². The Morgan fingerprint density at radius 3 is 2.20 bits per heavy atom. The minimum absolute atomic E-state index is 0.0752. The van der Waals surface area contributed by atoms with Crippen molar-refractivity contribution >= 4 is 30.8 Å². The van der Waals surface area contributed by atoms with Crippen LogP contribution in [-0.2, 0) is 47.2 Å². The smallest absolute Gasteiger partial charge is 0.329 e. The molecule has 0 aromatic rings. The van der Waals surface area contributed by atoms with E-state index in [4.69, 9.17) is 23.5 Å². The molecule has 0 aromatic carbocycles. The van der Waals surface area contributed by atoms with Gasteiger partial charge in [0, 0.05) is 45.9 Å². The number of hydrogen-bond donors (Lipinski definition) is 2. The Morgan fingerprint density at radius 1 is 0.859 bits per heavy atom. The molecule has 0 radical (unpaired) electrons. The predicted molar refractivity (Wildman–Crippen MR) is 248 cm³/mol. The minimum Gasteiger partial charge on any atom is -0.461 e. The van der Waals surface area contributed by atoms with E-state index in [1.807, 2.05) is 56.4 Å². The molecule has 1 saturated carbocycles. The number of allylic oxidation sites excluding steroid dienone is 7. The monoisotopic (exact) mass is 918 g/mol. The number of nitrogens with zero attached hydrogens (tertiary/aromatic N) is 1. The zero-order valence-electron chi connectivity index (χ0n) is 40.2. The van der Waals surface area contributed by atoms with Crippen molar-refractivity contribution in [1.29, 1.82) is 0 Å². The number of aliphatic hydroxyl groups excluding tert-OH is 1. The lowest BCUT2D eigenvalue weighted by molar-refractivity contribution is -0.263. The molecule has 3 aliphatic heterocycles. The molecule has 0 unspecified atom stereocenters. The molecule has 13 nitrogen and oxygen atoms in total. The molecular weight excluding hydrogens is 838 g/mol. The maximum absolute atomic E-state index is 14.4. The number of rotatable bonds is 7. The predicted octanol–water partition coefficient (Wildman–Crippen LogP) is 8.30. The van der Waals surface area contributed by atoms with Crippen LogP contribution in [0.5, 0.6) is 0 Å². The molecule has 0 aromatic heterocycles. The molecule has 64 heavy (non-hydrogen) atoms. The van der Waals surface area contributed by atoms with Gasteiger partial charge in [-0.05, 0) is 127 Å². The summed E-state index contributed by atoms with van der Waals surface area (Å²) in [5.41, 5.74) is 0.613. The first-order valence-electron chi connectivity index (χ1n) is 23.9. The van der Waals surface area contributed by atoms with Gasteiger partial charge in [0.15, 0.2) is 13.2 Å². The van der Waals surface area contributed by atoms with Crippen molar-refractivity contribution in [2.45, 2.75) is 179 Å². The lowest BCUT2D eigenvalue weighted by atomic mass is 9.78. The van der Waals surface area contributed by atoms with Crippen LogP contribution in [0.3, 0.4) is 0 Å². The van der Waals surface area contributed by atoms with Crippen LogP contribution in [0, 0.1) is 29.6 Å². The van der Waals surface area contributed by atoms with Gasteiger partial charge in [-0.15, -0.1) is 0 Å². The van der Waals surface area contributed by atoms with E-state index < -0.39 is 67.2 Å². The molecule has 4 rings (SSSR count). The number of carbonyl (C=O) groups excluding carboxylic acids is 4. The van der Waals surface area contributed by atoms with E-state index in [-0.39, 0.29) is 48.2 Å². The Morgan fingerprint density at radius 2 is 1.55 bits per heavy atom. The minimum atomic E-state index is -2.73. The van der Waals surface area contributed by atoms with Crippen LogP contribution in [-0.4, -0.2) is 121 Å². The number of methoxy groups -OCH3 is 2. The van der Waals surface area contributed by atoms with Crippen LogP contribution in [0.4, 0.5) is 0 Å². The standard InChI is InChI=1S/C50H80NO12P/c1-33-23-27-41(35(3)31-38-25-28-42(43(32-38)59-6)63-64(8,9)58)61-49(56)40-22-18-19-29-51(40)48(55)47(54)50(57)37(5)24-26-39(62-50)21-17-15-13-11-10-12-14-16-20-34(2)44(52)46(60-7)45(53)36(4)30-33/h10-15,30,33-35,37-43,45-46,53,57H,16-29,31-32H2,1-9H3/b11-10+,14-12+,15-13+,36-30+/t33-,34+,35+,37+,38-,39+,40-,41-,42+,43+,45+,46-,50+/m0/s1. The number of fused-ring (bicyclic) bond motifs is 3. The van der Waals surface area contributed by atoms with Gasteiger partial charge in [0.25, 0.3) is 11.7 Å². The second-order valence-electron chi connectivity index (χ2n) is 19.6. The largest absolute Gasteiger partial charge is 0.461 e. The summed E-state index contributed by atoms with van der Waals surface area (Å²) in [7, 11) is 0.350. The maximum Gasteiger partial charge on any atom is 0.329 e. The van der Waals surface area contributed by atoms with E-state index in [2.05, 4.69) is 6.92 Å². The second-order valence-corrected chi connectivity index (χ2v) is 22.3. The van der Waals surface area contributed by atoms with Crippen molar-refractivity contribution in [3.05, 3.63) is 48.1 Å². The summed E-state index contributed by atoms with van der Waals surface area (Å²) in [6, 6.07) is -1.01. The molecule has 3 fully saturated rings. The lowest BCUT2D eigenvalue weighted by Crippen LogP contribution is -2.60. The topological polar surface area (TPSA) is 175 Å². The molecule has 2 N–H and O–H groups in total. The third-order valence-electron chi connectivity index (χ3n) is 13.9. The maximum atomic E-state index is 14.4. The van der Waals surface area contributed by atoms with E-state index in [0.29, 0.717) is 89.0 Å². The average Bonchev–Trinajstić information content (AvgIpc) is 3.25. The molecule has 2 bridgehead atoms. The molecular formula is C50H80NO12P. The fourth-order valence-corrected chi connectivity index (χ4v) is 10.8. The summed E-state index contributed by atoms with van der Waals surface area (Å²) < 4.78 is 42.4. The van der Waals surface area contributed by atoms with Gasteiger partial charge in [0.05, 0.1) is 18.3 Å². The molecule has 4 aliphatic rings. The molecule has 13 atom stereocenters. The molecule has 1 amide bonds. The van der Waals surface area contributed by atoms with Gasteiger partial charge in [-0.1, -0.05) is 70.2 Å². The van der Waals surface area contributed by atoms with Gasteiger partial charge in [-0.3, -0.25) is 18.9 Å². The van der Waals surface area contributed by atoms with Crippen molar-refractivity contribution in [3.8, 4) is 0 Å². The Labute approximate surface area is 383 Å². The lowest BCUT2D eigenvalue weighted by Gasteiger charge is -2.42. The number of piperidine rings is 1. The number of Topliss-reactive ketones (excluding diaryl/α,β-unsaturated/α-hetero) is 2. The van der Waals surface area contributed by atoms with E-state index in [9.17, 15) is 34.0 Å². The number of cyclic esters (lactones) is 1. The summed E-state index contributed by atoms with van der Waals surface area (Å²) in [6.45, 7) is 12.8. The Kier molecular flexibility index (Phi) is 21.4. The van der Waals surface area contributed by atoms with Gasteiger partial charge >= 0.3 is 5.97 Å². The highest BCUT2D eigenvalue weighted by Crippen LogP contribution is 2.44. The van der Waals surface area contributed by atoms with Crippen LogP contribution in [0.2, 0.25) is 0 Å². The van der Waals surface area contributed by atoms with Gasteiger partial charge < -0.3 is 38.6 Å². The van der Waals surface area contributed by atoms with E-state index >= 15 is 0 Å². The SMILES string of the molecule is CO[C@@H]1C[C@H](C[C@@H](C)[C@@H]2CC[C@H](C)/C=C(\C)[C@@H](O)[C@@H](OC)C(=O)[C@H](C)CC/C=C/C=C/C=C/CC[C@@H]3CC[C@@H](C)[C@@](O)(O3)C(=O)C(=O)N3CCCC[C@H]3C(=O)O2)CC[C@H]1OP(C)(C)=O. The Balaban J connectivity index is 1.62. The van der Waals surface area contributed by atoms with Gasteiger partial charge in [0.2, 0.25) is 5.79 Å². The average molecular weight is 918 g/mol. The van der Waals surface area contributed by atoms with Crippen molar-refractivity contribution in [3.63, 3.8) is 0 Å². The Hall–Kier alpha value is -2.77. The zero-order chi connectivity index (χ0) is 47.2. The third-order valence-corrected chi connectivity index (χ3v) is 14.7. The Bertz CT molecular complexity index is 1720. The van der Waals surface area contributed by atoms with Gasteiger partial charge in [0.1, 0.15) is 24.4 Å².